The molecular formula is C23H36N4O5S. The highest BCUT2D eigenvalue weighted by Crippen LogP contribution is 2.34. The van der Waals surface area contributed by atoms with Gasteiger partial charge < -0.3 is 19.7 Å². The van der Waals surface area contributed by atoms with E-state index in [9.17, 15) is 13.2 Å². The highest BCUT2D eigenvalue weighted by atomic mass is 32.2. The van der Waals surface area contributed by atoms with Crippen LogP contribution in [0.25, 0.3) is 0 Å². The number of aryl methyl sites for hydroxylation is 1. The summed E-state index contributed by atoms with van der Waals surface area (Å²) in [6.45, 7) is 7.22. The molecule has 33 heavy (non-hydrogen) atoms. The summed E-state index contributed by atoms with van der Waals surface area (Å²) in [5, 5.41) is 3.06. The van der Waals surface area contributed by atoms with Crippen molar-refractivity contribution in [1.82, 2.24) is 14.6 Å². The Morgan fingerprint density at radius 1 is 1.15 bits per heavy atom. The molecule has 4 rings (SSSR count). The van der Waals surface area contributed by atoms with Gasteiger partial charge in [0.15, 0.2) is 0 Å². The van der Waals surface area contributed by atoms with Gasteiger partial charge in [-0.1, -0.05) is 0 Å². The molecule has 2 aliphatic heterocycles. The molecular weight excluding hydrogens is 444 g/mol. The van der Waals surface area contributed by atoms with Gasteiger partial charge in [0.2, 0.25) is 15.9 Å². The van der Waals surface area contributed by atoms with Gasteiger partial charge >= 0.3 is 0 Å². The molecule has 1 saturated carbocycles. The highest BCUT2D eigenvalue weighted by Gasteiger charge is 2.43. The third-order valence-electron chi connectivity index (χ3n) is 7.07. The molecule has 9 nitrogen and oxygen atoms in total. The predicted octanol–water partition coefficient (Wildman–Crippen LogP) is 1.84. The van der Waals surface area contributed by atoms with Gasteiger partial charge in [-0.25, -0.2) is 13.4 Å². The minimum Gasteiger partial charge on any atom is -0.379 e. The van der Waals surface area contributed by atoms with Gasteiger partial charge in [0, 0.05) is 19.3 Å². The molecule has 3 heterocycles. The molecule has 1 aromatic rings. The van der Waals surface area contributed by atoms with Gasteiger partial charge in [0.05, 0.1) is 37.4 Å². The zero-order valence-electron chi connectivity index (χ0n) is 20.0. The third-order valence-corrected chi connectivity index (χ3v) is 9.00. The Kier molecular flexibility index (Phi) is 7.28. The van der Waals surface area contributed by atoms with Crippen LogP contribution < -0.4 is 10.2 Å². The fourth-order valence-electron chi connectivity index (χ4n) is 5.41. The Morgan fingerprint density at radius 2 is 1.88 bits per heavy atom. The molecule has 1 N–H and O–H groups in total. The number of amides is 1. The van der Waals surface area contributed by atoms with E-state index >= 15 is 0 Å². The van der Waals surface area contributed by atoms with E-state index in [0.717, 1.165) is 25.0 Å². The fourth-order valence-corrected chi connectivity index (χ4v) is 7.19. The van der Waals surface area contributed by atoms with Crippen LogP contribution in [-0.4, -0.2) is 80.8 Å². The zero-order valence-corrected chi connectivity index (χ0v) is 20.8. The molecule has 1 aliphatic carbocycles. The van der Waals surface area contributed by atoms with E-state index in [1.807, 2.05) is 25.7 Å². The van der Waals surface area contributed by atoms with E-state index in [1.54, 1.807) is 19.2 Å². The van der Waals surface area contributed by atoms with Crippen molar-refractivity contribution in [3.8, 4) is 0 Å². The first kappa shape index (κ1) is 24.4. The first-order valence-electron chi connectivity index (χ1n) is 11.9. The lowest BCUT2D eigenvalue weighted by molar-refractivity contribution is -0.125. The minimum absolute atomic E-state index is 0.0111. The second-order valence-corrected chi connectivity index (χ2v) is 11.4. The maximum absolute atomic E-state index is 13.9. The van der Waals surface area contributed by atoms with Crippen LogP contribution >= 0.6 is 0 Å². The quantitative estimate of drug-likeness (QED) is 0.663. The van der Waals surface area contributed by atoms with Gasteiger partial charge in [-0.15, -0.1) is 0 Å². The number of hydrogen-bond acceptors (Lipinski definition) is 7. The Bertz CT molecular complexity index is 962. The normalized spacial score (nSPS) is 31.2. The van der Waals surface area contributed by atoms with Crippen molar-refractivity contribution >= 4 is 21.7 Å². The number of carbonyl (C=O) groups excluding carboxylic acids is 1. The molecule has 3 aliphatic rings. The summed E-state index contributed by atoms with van der Waals surface area (Å²) in [5.74, 6) is 0.208. The second-order valence-electron chi connectivity index (χ2n) is 9.51. The van der Waals surface area contributed by atoms with Crippen LogP contribution in [-0.2, 0) is 24.3 Å². The lowest BCUT2D eigenvalue weighted by Gasteiger charge is -2.40. The molecule has 0 radical (unpaired) electrons. The Balaban J connectivity index is 1.63. The van der Waals surface area contributed by atoms with E-state index < -0.39 is 16.1 Å². The number of aromatic nitrogens is 1. The van der Waals surface area contributed by atoms with Crippen molar-refractivity contribution in [2.24, 2.45) is 0 Å². The molecule has 2 saturated heterocycles. The summed E-state index contributed by atoms with van der Waals surface area (Å²) in [5.41, 5.74) is 0.748. The Hall–Kier alpha value is -1.75. The number of ether oxygens (including phenoxy) is 2. The summed E-state index contributed by atoms with van der Waals surface area (Å²) in [7, 11) is -2.28. The largest absolute Gasteiger partial charge is 0.379 e. The molecule has 0 aromatic carbocycles. The average Bonchev–Trinajstić information content (AvgIpc) is 3.43. The van der Waals surface area contributed by atoms with Crippen LogP contribution in [0.5, 0.6) is 0 Å². The standard InChI is InChI=1S/C23H36N4O5S/c1-15-10-11-21(22(24-15)27-16(2)13-32-14-17(27)3)33(29,30)26-12-6-8-19(26)23(28)25-18-7-5-9-20(18)31-4/h10-11,16-20H,5-9,12-14H2,1-4H3,(H,25,28)/t16-,17-,18+,19-,20-/m0/s1. The lowest BCUT2D eigenvalue weighted by atomic mass is 10.1. The molecule has 1 aromatic heterocycles. The average molecular weight is 481 g/mol. The fraction of sp³-hybridized carbons (Fsp3) is 0.739. The number of nitrogens with zero attached hydrogens (tertiary/aromatic N) is 3. The van der Waals surface area contributed by atoms with E-state index in [4.69, 9.17) is 9.47 Å². The first-order valence-corrected chi connectivity index (χ1v) is 13.4. The number of rotatable bonds is 6. The lowest BCUT2D eigenvalue weighted by Crippen LogP contribution is -2.52. The van der Waals surface area contributed by atoms with Crippen molar-refractivity contribution in [3.05, 3.63) is 17.8 Å². The number of sulfonamides is 1. The number of nitrogens with one attached hydrogen (secondary N) is 1. The number of methoxy groups -OCH3 is 1. The van der Waals surface area contributed by atoms with Gasteiger partial charge in [-0.2, -0.15) is 4.31 Å². The molecule has 1 amide bonds. The number of morpholine rings is 1. The number of pyridine rings is 1. The SMILES string of the molecule is CO[C@H]1CCC[C@H]1NC(=O)[C@@H]1CCCN1S(=O)(=O)c1ccc(C)nc1N1[C@@H](C)COC[C@@H]1C. The number of hydrogen-bond donors (Lipinski definition) is 1. The van der Waals surface area contributed by atoms with Crippen molar-refractivity contribution in [1.29, 1.82) is 0 Å². The topological polar surface area (TPSA) is 101 Å². The molecule has 0 bridgehead atoms. The molecule has 10 heteroatoms. The van der Waals surface area contributed by atoms with Crippen molar-refractivity contribution < 1.29 is 22.7 Å². The number of carbonyl (C=O) groups is 1. The summed E-state index contributed by atoms with van der Waals surface area (Å²) in [6.07, 6.45) is 3.89. The van der Waals surface area contributed by atoms with Crippen LogP contribution in [0.3, 0.4) is 0 Å². The van der Waals surface area contributed by atoms with Crippen LogP contribution in [0.2, 0.25) is 0 Å². The second kappa shape index (κ2) is 9.85. The van der Waals surface area contributed by atoms with Gasteiger partial charge in [-0.3, -0.25) is 4.79 Å². The third kappa shape index (κ3) is 4.76. The summed E-state index contributed by atoms with van der Waals surface area (Å²) in [4.78, 5) is 20.0. The minimum atomic E-state index is -3.93. The maximum Gasteiger partial charge on any atom is 0.247 e. The maximum atomic E-state index is 13.9. The summed E-state index contributed by atoms with van der Waals surface area (Å²) < 4.78 is 40.3. The van der Waals surface area contributed by atoms with E-state index in [1.165, 1.54) is 4.31 Å². The van der Waals surface area contributed by atoms with Crippen LogP contribution in [0, 0.1) is 6.92 Å². The Labute approximate surface area is 196 Å². The van der Waals surface area contributed by atoms with Crippen LogP contribution in [0.15, 0.2) is 17.0 Å². The molecule has 184 valence electrons. The first-order chi connectivity index (χ1) is 15.7. The van der Waals surface area contributed by atoms with Crippen molar-refractivity contribution in [3.63, 3.8) is 0 Å². The van der Waals surface area contributed by atoms with E-state index in [-0.39, 0.29) is 35.0 Å². The molecule has 0 unspecified atom stereocenters. The predicted molar refractivity (Wildman–Crippen MR) is 125 cm³/mol. The smallest absolute Gasteiger partial charge is 0.247 e. The van der Waals surface area contributed by atoms with Gasteiger partial charge in [0.25, 0.3) is 0 Å². The van der Waals surface area contributed by atoms with Crippen molar-refractivity contribution in [2.45, 2.75) is 88.0 Å². The van der Waals surface area contributed by atoms with Crippen LogP contribution in [0.1, 0.15) is 51.6 Å². The van der Waals surface area contributed by atoms with Crippen LogP contribution in [0.4, 0.5) is 5.82 Å². The van der Waals surface area contributed by atoms with E-state index in [2.05, 4.69) is 10.3 Å². The van der Waals surface area contributed by atoms with Gasteiger partial charge in [-0.05, 0) is 65.0 Å². The highest BCUT2D eigenvalue weighted by molar-refractivity contribution is 7.89. The molecule has 0 spiro atoms. The van der Waals surface area contributed by atoms with Crippen molar-refractivity contribution in [2.75, 3.05) is 31.8 Å². The molecule has 5 atom stereocenters. The van der Waals surface area contributed by atoms with E-state index in [0.29, 0.717) is 38.4 Å². The summed E-state index contributed by atoms with van der Waals surface area (Å²) >= 11 is 0. The monoisotopic (exact) mass is 480 g/mol. The number of anilines is 1. The molecule has 3 fully saturated rings. The van der Waals surface area contributed by atoms with Gasteiger partial charge in [0.1, 0.15) is 16.8 Å². The zero-order chi connectivity index (χ0) is 23.8. The Morgan fingerprint density at radius 3 is 2.58 bits per heavy atom. The summed E-state index contributed by atoms with van der Waals surface area (Å²) in [6, 6.07) is 2.54.